The fourth-order valence-corrected chi connectivity index (χ4v) is 1.82. The fraction of sp³-hybridized carbons (Fsp3) is 0.385. The summed E-state index contributed by atoms with van der Waals surface area (Å²) >= 11 is 0. The maximum atomic E-state index is 12.0. The molecule has 5 nitrogen and oxygen atoms in total. The van der Waals surface area contributed by atoms with Gasteiger partial charge in [0, 0.05) is 24.3 Å². The van der Waals surface area contributed by atoms with Crippen LogP contribution >= 0.6 is 0 Å². The van der Waals surface area contributed by atoms with E-state index in [2.05, 4.69) is 5.32 Å². The molecule has 18 heavy (non-hydrogen) atoms. The Morgan fingerprint density at radius 2 is 2.22 bits per heavy atom. The number of anilines is 1. The average Bonchev–Trinajstić information content (AvgIpc) is 2.32. The molecule has 0 aromatic heterocycles. The monoisotopic (exact) mass is 246 g/mol. The lowest BCUT2D eigenvalue weighted by Crippen LogP contribution is -2.46. The summed E-state index contributed by atoms with van der Waals surface area (Å²) in [6, 6.07) is 7.31. The number of hydrogen-bond acceptors (Lipinski definition) is 2. The van der Waals surface area contributed by atoms with Crippen LogP contribution in [0.5, 0.6) is 0 Å². The smallest absolute Gasteiger partial charge is 0.321 e. The van der Waals surface area contributed by atoms with Crippen LogP contribution in [0.15, 0.2) is 24.3 Å². The van der Waals surface area contributed by atoms with E-state index < -0.39 is 0 Å². The van der Waals surface area contributed by atoms with Crippen molar-refractivity contribution < 1.29 is 4.79 Å². The van der Waals surface area contributed by atoms with Crippen LogP contribution < -0.4 is 16.0 Å². The SMILES string of the molecule is CN(C(=O)NC1CCC1)c1cccc(C(=N)N)c1. The highest BCUT2D eigenvalue weighted by molar-refractivity contribution is 5.98. The molecule has 2 rings (SSSR count). The first-order valence-electron chi connectivity index (χ1n) is 6.06. The molecule has 1 aromatic carbocycles. The van der Waals surface area contributed by atoms with E-state index in [4.69, 9.17) is 11.1 Å². The lowest BCUT2D eigenvalue weighted by atomic mass is 9.93. The van der Waals surface area contributed by atoms with E-state index in [1.807, 2.05) is 6.07 Å². The van der Waals surface area contributed by atoms with E-state index in [-0.39, 0.29) is 11.9 Å². The maximum absolute atomic E-state index is 12.0. The number of carbonyl (C=O) groups is 1. The van der Waals surface area contributed by atoms with Gasteiger partial charge in [0.25, 0.3) is 0 Å². The number of hydrogen-bond donors (Lipinski definition) is 3. The zero-order chi connectivity index (χ0) is 13.1. The van der Waals surface area contributed by atoms with Crippen molar-refractivity contribution in [1.82, 2.24) is 5.32 Å². The van der Waals surface area contributed by atoms with Crippen molar-refractivity contribution in [3.05, 3.63) is 29.8 Å². The number of amidine groups is 1. The maximum Gasteiger partial charge on any atom is 0.321 e. The molecule has 0 bridgehead atoms. The minimum Gasteiger partial charge on any atom is -0.384 e. The van der Waals surface area contributed by atoms with Gasteiger partial charge in [0.15, 0.2) is 0 Å². The highest BCUT2D eigenvalue weighted by Gasteiger charge is 2.21. The van der Waals surface area contributed by atoms with Crippen LogP contribution in [0.25, 0.3) is 0 Å². The Hall–Kier alpha value is -2.04. The Bertz CT molecular complexity index is 468. The van der Waals surface area contributed by atoms with Crippen LogP contribution in [-0.2, 0) is 0 Å². The quantitative estimate of drug-likeness (QED) is 0.560. The van der Waals surface area contributed by atoms with Crippen LogP contribution in [0.2, 0.25) is 0 Å². The van der Waals surface area contributed by atoms with E-state index in [0.717, 1.165) is 18.5 Å². The molecule has 2 amide bonds. The topological polar surface area (TPSA) is 82.2 Å². The second kappa shape index (κ2) is 5.08. The van der Waals surface area contributed by atoms with E-state index in [1.54, 1.807) is 30.1 Å². The van der Waals surface area contributed by atoms with Crippen LogP contribution in [0, 0.1) is 5.41 Å². The van der Waals surface area contributed by atoms with Gasteiger partial charge in [0.1, 0.15) is 5.84 Å². The van der Waals surface area contributed by atoms with Crippen LogP contribution in [-0.4, -0.2) is 25.0 Å². The van der Waals surface area contributed by atoms with E-state index in [1.165, 1.54) is 6.42 Å². The molecule has 0 aliphatic heterocycles. The van der Waals surface area contributed by atoms with Gasteiger partial charge in [-0.3, -0.25) is 10.3 Å². The zero-order valence-electron chi connectivity index (χ0n) is 10.4. The number of nitrogens with zero attached hydrogens (tertiary/aromatic N) is 1. The number of rotatable bonds is 3. The summed E-state index contributed by atoms with van der Waals surface area (Å²) < 4.78 is 0. The summed E-state index contributed by atoms with van der Waals surface area (Å²) in [6.45, 7) is 0. The number of nitrogen functional groups attached to an aromatic ring is 1. The van der Waals surface area contributed by atoms with Crippen molar-refractivity contribution in [3.8, 4) is 0 Å². The Labute approximate surface area is 106 Å². The minimum absolute atomic E-state index is 0.00431. The standard InChI is InChI=1S/C13H18N4O/c1-17(13(18)16-10-5-3-6-10)11-7-2-4-9(8-11)12(14)15/h2,4,7-8,10H,3,5-6H2,1H3,(H3,14,15)(H,16,18). The molecule has 4 N–H and O–H groups in total. The summed E-state index contributed by atoms with van der Waals surface area (Å²) in [4.78, 5) is 13.5. The predicted octanol–water partition coefficient (Wildman–Crippen LogP) is 1.67. The number of nitrogens with two attached hydrogens (primary N) is 1. The number of amides is 2. The van der Waals surface area contributed by atoms with Gasteiger partial charge in [-0.15, -0.1) is 0 Å². The van der Waals surface area contributed by atoms with E-state index in [0.29, 0.717) is 11.6 Å². The molecule has 1 aliphatic rings. The lowest BCUT2D eigenvalue weighted by Gasteiger charge is -2.29. The number of urea groups is 1. The molecule has 96 valence electrons. The van der Waals surface area contributed by atoms with Crippen molar-refractivity contribution in [2.75, 3.05) is 11.9 Å². The molecule has 1 fully saturated rings. The summed E-state index contributed by atoms with van der Waals surface area (Å²) in [7, 11) is 1.72. The first kappa shape index (κ1) is 12.4. The van der Waals surface area contributed by atoms with Gasteiger partial charge in [-0.25, -0.2) is 4.79 Å². The Kier molecular flexibility index (Phi) is 3.50. The number of carbonyl (C=O) groups excluding carboxylic acids is 1. The molecule has 0 saturated heterocycles. The Morgan fingerprint density at radius 3 is 2.78 bits per heavy atom. The third-order valence-electron chi connectivity index (χ3n) is 3.28. The Balaban J connectivity index is 2.06. The van der Waals surface area contributed by atoms with Crippen molar-refractivity contribution in [3.63, 3.8) is 0 Å². The van der Waals surface area contributed by atoms with Crippen LogP contribution in [0.1, 0.15) is 24.8 Å². The molecule has 0 radical (unpaired) electrons. The normalized spacial score (nSPS) is 14.7. The van der Waals surface area contributed by atoms with Gasteiger partial charge in [-0.2, -0.15) is 0 Å². The van der Waals surface area contributed by atoms with Gasteiger partial charge in [0.2, 0.25) is 0 Å². The highest BCUT2D eigenvalue weighted by atomic mass is 16.2. The van der Waals surface area contributed by atoms with E-state index >= 15 is 0 Å². The zero-order valence-corrected chi connectivity index (χ0v) is 10.4. The first-order chi connectivity index (χ1) is 8.58. The highest BCUT2D eigenvalue weighted by Crippen LogP contribution is 2.19. The third kappa shape index (κ3) is 2.61. The second-order valence-corrected chi connectivity index (χ2v) is 4.60. The molecule has 0 atom stereocenters. The van der Waals surface area contributed by atoms with Gasteiger partial charge in [-0.1, -0.05) is 12.1 Å². The van der Waals surface area contributed by atoms with Crippen LogP contribution in [0.3, 0.4) is 0 Å². The molecule has 0 unspecified atom stereocenters. The molecule has 0 spiro atoms. The number of nitrogens with one attached hydrogen (secondary N) is 2. The minimum atomic E-state index is -0.111. The van der Waals surface area contributed by atoms with Gasteiger partial charge in [-0.05, 0) is 31.4 Å². The predicted molar refractivity (Wildman–Crippen MR) is 72.0 cm³/mol. The van der Waals surface area contributed by atoms with Gasteiger partial charge < -0.3 is 11.1 Å². The number of benzene rings is 1. The summed E-state index contributed by atoms with van der Waals surface area (Å²) in [5.41, 5.74) is 6.79. The third-order valence-corrected chi connectivity index (χ3v) is 3.28. The van der Waals surface area contributed by atoms with Crippen molar-refractivity contribution >= 4 is 17.6 Å². The second-order valence-electron chi connectivity index (χ2n) is 4.60. The fourth-order valence-electron chi connectivity index (χ4n) is 1.82. The molecular formula is C13H18N4O. The summed E-state index contributed by atoms with van der Waals surface area (Å²) in [6.07, 6.45) is 3.31. The van der Waals surface area contributed by atoms with Crippen molar-refractivity contribution in [2.45, 2.75) is 25.3 Å². The first-order valence-corrected chi connectivity index (χ1v) is 6.06. The molecule has 5 heteroatoms. The molecule has 1 aliphatic carbocycles. The van der Waals surface area contributed by atoms with Crippen molar-refractivity contribution in [1.29, 1.82) is 5.41 Å². The average molecular weight is 246 g/mol. The summed E-state index contributed by atoms with van der Waals surface area (Å²) in [5.74, 6) is 0.00431. The van der Waals surface area contributed by atoms with Gasteiger partial charge >= 0.3 is 6.03 Å². The largest absolute Gasteiger partial charge is 0.384 e. The molecule has 1 saturated carbocycles. The molecular weight excluding hydrogens is 228 g/mol. The van der Waals surface area contributed by atoms with Gasteiger partial charge in [0.05, 0.1) is 0 Å². The van der Waals surface area contributed by atoms with Crippen molar-refractivity contribution in [2.24, 2.45) is 5.73 Å². The summed E-state index contributed by atoms with van der Waals surface area (Å²) in [5, 5.41) is 10.4. The van der Waals surface area contributed by atoms with Crippen LogP contribution in [0.4, 0.5) is 10.5 Å². The lowest BCUT2D eigenvalue weighted by molar-refractivity contribution is 0.235. The molecule has 0 heterocycles. The Morgan fingerprint density at radius 1 is 1.50 bits per heavy atom. The molecule has 1 aromatic rings. The van der Waals surface area contributed by atoms with E-state index in [9.17, 15) is 4.79 Å².